The standard InChI is InChI=1S/C9H12O3/c1-3-6-4(2)8-9(11-6)5(10)7(3)12-8/h3-4,6-9H,1-2H3/t3-,4+,6+,7+,8+,9-/m0/s1. The molecule has 0 aromatic heterocycles. The smallest absolute Gasteiger partial charge is 0.193 e. The van der Waals surface area contributed by atoms with E-state index in [2.05, 4.69) is 6.92 Å². The summed E-state index contributed by atoms with van der Waals surface area (Å²) in [7, 11) is 0. The molecular formula is C9H12O3. The van der Waals surface area contributed by atoms with Crippen molar-refractivity contribution >= 4 is 5.78 Å². The first-order valence-corrected chi connectivity index (χ1v) is 4.55. The van der Waals surface area contributed by atoms with Crippen LogP contribution in [0.25, 0.3) is 0 Å². The van der Waals surface area contributed by atoms with Crippen LogP contribution in [0.3, 0.4) is 0 Å². The summed E-state index contributed by atoms with van der Waals surface area (Å²) < 4.78 is 11.2. The topological polar surface area (TPSA) is 35.5 Å². The van der Waals surface area contributed by atoms with Gasteiger partial charge in [-0.15, -0.1) is 0 Å². The molecule has 0 aromatic rings. The van der Waals surface area contributed by atoms with Gasteiger partial charge in [0.2, 0.25) is 0 Å². The van der Waals surface area contributed by atoms with Gasteiger partial charge in [0, 0.05) is 11.8 Å². The highest BCUT2D eigenvalue weighted by atomic mass is 16.6. The Morgan fingerprint density at radius 2 is 1.67 bits per heavy atom. The number of hydrogen-bond donors (Lipinski definition) is 0. The molecule has 0 amide bonds. The lowest BCUT2D eigenvalue weighted by Gasteiger charge is -2.34. The number of rotatable bonds is 0. The second-order valence-corrected chi connectivity index (χ2v) is 4.16. The minimum atomic E-state index is -0.230. The Morgan fingerprint density at radius 3 is 2.33 bits per heavy atom. The summed E-state index contributed by atoms with van der Waals surface area (Å²) in [5.74, 6) is 0.822. The van der Waals surface area contributed by atoms with Crippen molar-refractivity contribution in [1.29, 1.82) is 0 Å². The second kappa shape index (κ2) is 1.91. The molecule has 66 valence electrons. The van der Waals surface area contributed by atoms with Crippen LogP contribution in [0.5, 0.6) is 0 Å². The first-order chi connectivity index (χ1) is 5.70. The summed E-state index contributed by atoms with van der Waals surface area (Å²) >= 11 is 0. The predicted molar refractivity (Wildman–Crippen MR) is 40.7 cm³/mol. The molecule has 0 radical (unpaired) electrons. The quantitative estimate of drug-likeness (QED) is 0.524. The van der Waals surface area contributed by atoms with Gasteiger partial charge in [-0.1, -0.05) is 13.8 Å². The van der Waals surface area contributed by atoms with Crippen molar-refractivity contribution in [3.05, 3.63) is 0 Å². The average Bonchev–Trinajstić information content (AvgIpc) is 2.43. The van der Waals surface area contributed by atoms with Gasteiger partial charge < -0.3 is 9.47 Å². The highest BCUT2D eigenvalue weighted by molar-refractivity contribution is 5.91. The van der Waals surface area contributed by atoms with Gasteiger partial charge in [0.1, 0.15) is 12.2 Å². The Balaban J connectivity index is 2.06. The maximum atomic E-state index is 11.5. The molecule has 0 unspecified atom stereocenters. The third-order valence-electron chi connectivity index (χ3n) is 3.50. The zero-order chi connectivity index (χ0) is 8.46. The van der Waals surface area contributed by atoms with Crippen LogP contribution in [0.1, 0.15) is 13.8 Å². The molecule has 4 saturated heterocycles. The maximum Gasteiger partial charge on any atom is 0.193 e. The van der Waals surface area contributed by atoms with E-state index in [1.165, 1.54) is 0 Å². The maximum absolute atomic E-state index is 11.5. The average molecular weight is 168 g/mol. The number of ketones is 1. The summed E-state index contributed by atoms with van der Waals surface area (Å²) in [6.45, 7) is 4.15. The summed E-state index contributed by atoms with van der Waals surface area (Å²) in [5, 5.41) is 0. The monoisotopic (exact) mass is 168 g/mol. The van der Waals surface area contributed by atoms with Gasteiger partial charge in [0.15, 0.2) is 5.78 Å². The van der Waals surface area contributed by atoms with Gasteiger partial charge in [0.25, 0.3) is 0 Å². The van der Waals surface area contributed by atoms with Gasteiger partial charge in [-0.2, -0.15) is 0 Å². The third kappa shape index (κ3) is 0.559. The molecule has 0 aliphatic carbocycles. The fourth-order valence-electron chi connectivity index (χ4n) is 2.81. The van der Waals surface area contributed by atoms with Crippen molar-refractivity contribution in [2.24, 2.45) is 11.8 Å². The molecule has 0 spiro atoms. The fraction of sp³-hybridized carbons (Fsp3) is 0.889. The molecule has 12 heavy (non-hydrogen) atoms. The molecule has 3 heteroatoms. The summed E-state index contributed by atoms with van der Waals surface area (Å²) in [6, 6.07) is 0. The lowest BCUT2D eigenvalue weighted by atomic mass is 9.87. The van der Waals surface area contributed by atoms with Crippen LogP contribution >= 0.6 is 0 Å². The SMILES string of the molecule is C[C@@H]1[C@@H]2O[C@H]3C(=O)[C@H](O[C@H]13)[C@H]2C. The first kappa shape index (κ1) is 7.04. The highest BCUT2D eigenvalue weighted by Crippen LogP contribution is 2.47. The number of hydrogen-bond acceptors (Lipinski definition) is 3. The van der Waals surface area contributed by atoms with Gasteiger partial charge in [-0.05, 0) is 0 Å². The third-order valence-corrected chi connectivity index (χ3v) is 3.50. The number of carbonyl (C=O) groups is 1. The largest absolute Gasteiger partial charge is 0.364 e. The van der Waals surface area contributed by atoms with Crippen LogP contribution in [0.15, 0.2) is 0 Å². The fourth-order valence-corrected chi connectivity index (χ4v) is 2.81. The summed E-state index contributed by atoms with van der Waals surface area (Å²) in [5.41, 5.74) is 0. The number of Topliss-reactive ketones (excluding diaryl/α,β-unsaturated/α-hetero) is 1. The minimum Gasteiger partial charge on any atom is -0.364 e. The van der Waals surface area contributed by atoms with Crippen LogP contribution in [0, 0.1) is 11.8 Å². The van der Waals surface area contributed by atoms with Gasteiger partial charge in [0.05, 0.1) is 12.2 Å². The van der Waals surface area contributed by atoms with E-state index in [9.17, 15) is 4.79 Å². The summed E-state index contributed by atoms with van der Waals surface area (Å²) in [4.78, 5) is 11.5. The van der Waals surface area contributed by atoms with E-state index < -0.39 is 0 Å². The van der Waals surface area contributed by atoms with Gasteiger partial charge >= 0.3 is 0 Å². The lowest BCUT2D eigenvalue weighted by molar-refractivity contribution is -0.151. The van der Waals surface area contributed by atoms with Crippen LogP contribution < -0.4 is 0 Å². The Morgan fingerprint density at radius 1 is 1.00 bits per heavy atom. The van der Waals surface area contributed by atoms with Gasteiger partial charge in [-0.3, -0.25) is 4.79 Å². The van der Waals surface area contributed by atoms with Gasteiger partial charge in [-0.25, -0.2) is 0 Å². The second-order valence-electron chi connectivity index (χ2n) is 4.16. The summed E-state index contributed by atoms with van der Waals surface area (Å²) in [6.07, 6.45) is -0.0682. The van der Waals surface area contributed by atoms with E-state index in [-0.39, 0.29) is 36.1 Å². The molecule has 4 fully saturated rings. The molecule has 4 bridgehead atoms. The van der Waals surface area contributed by atoms with E-state index in [1.54, 1.807) is 0 Å². The normalized spacial score (nSPS) is 61.7. The van der Waals surface area contributed by atoms with E-state index >= 15 is 0 Å². The van der Waals surface area contributed by atoms with Crippen LogP contribution in [-0.2, 0) is 14.3 Å². The van der Waals surface area contributed by atoms with Crippen molar-refractivity contribution in [1.82, 2.24) is 0 Å². The van der Waals surface area contributed by atoms with Crippen molar-refractivity contribution in [2.45, 2.75) is 38.3 Å². The molecule has 0 aromatic carbocycles. The molecule has 6 atom stereocenters. The van der Waals surface area contributed by atoms with Crippen LogP contribution in [0.2, 0.25) is 0 Å². The zero-order valence-electron chi connectivity index (χ0n) is 7.19. The minimum absolute atomic E-state index is 0.0590. The molecule has 4 aliphatic heterocycles. The van der Waals surface area contributed by atoms with E-state index in [0.717, 1.165) is 0 Å². The number of ether oxygens (including phenoxy) is 2. The van der Waals surface area contributed by atoms with Crippen molar-refractivity contribution in [2.75, 3.05) is 0 Å². The van der Waals surface area contributed by atoms with Crippen LogP contribution in [0.4, 0.5) is 0 Å². The predicted octanol–water partition coefficient (Wildman–Crippen LogP) is 0.376. The molecular weight excluding hydrogens is 156 g/mol. The Hall–Kier alpha value is -0.410. The first-order valence-electron chi connectivity index (χ1n) is 4.55. The molecule has 0 saturated carbocycles. The Kier molecular flexibility index (Phi) is 1.12. The Labute approximate surface area is 71.0 Å². The van der Waals surface area contributed by atoms with E-state index in [0.29, 0.717) is 5.92 Å². The molecule has 4 rings (SSSR count). The van der Waals surface area contributed by atoms with Crippen molar-refractivity contribution < 1.29 is 14.3 Å². The molecule has 4 heterocycles. The lowest BCUT2D eigenvalue weighted by Crippen LogP contribution is -2.45. The highest BCUT2D eigenvalue weighted by Gasteiger charge is 2.63. The van der Waals surface area contributed by atoms with Crippen LogP contribution in [-0.4, -0.2) is 30.2 Å². The van der Waals surface area contributed by atoms with Crippen molar-refractivity contribution in [3.63, 3.8) is 0 Å². The molecule has 0 N–H and O–H groups in total. The van der Waals surface area contributed by atoms with E-state index in [4.69, 9.17) is 9.47 Å². The Bertz CT molecular complexity index is 244. The zero-order valence-corrected chi connectivity index (χ0v) is 7.19. The van der Waals surface area contributed by atoms with E-state index in [1.807, 2.05) is 6.92 Å². The molecule has 3 nitrogen and oxygen atoms in total. The number of carbonyl (C=O) groups excluding carboxylic acids is 1. The van der Waals surface area contributed by atoms with Crippen molar-refractivity contribution in [3.8, 4) is 0 Å². The molecule has 4 aliphatic rings.